The van der Waals surface area contributed by atoms with Gasteiger partial charge in [-0.1, -0.05) is 29.3 Å². The Labute approximate surface area is 145 Å². The zero-order valence-electron chi connectivity index (χ0n) is 11.0. The second kappa shape index (κ2) is 6.43. The number of alkyl halides is 3. The number of hydrogen-bond acceptors (Lipinski definition) is 3. The molecule has 0 saturated heterocycles. The number of anilines is 1. The van der Waals surface area contributed by atoms with Crippen LogP contribution < -0.4 is 4.72 Å². The van der Waals surface area contributed by atoms with Gasteiger partial charge in [-0.2, -0.15) is 13.2 Å². The summed E-state index contributed by atoms with van der Waals surface area (Å²) in [5.41, 5.74) is -1.21. The Morgan fingerprint density at radius 2 is 1.74 bits per heavy atom. The number of halogens is 5. The molecule has 10 heteroatoms. The van der Waals surface area contributed by atoms with Gasteiger partial charge in [0, 0.05) is 9.92 Å². The second-order valence-corrected chi connectivity index (χ2v) is 7.33. The van der Waals surface area contributed by atoms with E-state index in [0.29, 0.717) is 6.07 Å². The minimum atomic E-state index is -4.77. The van der Waals surface area contributed by atoms with E-state index in [9.17, 15) is 21.6 Å². The van der Waals surface area contributed by atoms with Crippen molar-refractivity contribution in [1.29, 1.82) is 0 Å². The van der Waals surface area contributed by atoms with Crippen LogP contribution in [-0.2, 0) is 16.2 Å². The predicted octanol–water partition coefficient (Wildman–Crippen LogP) is 5.10. The van der Waals surface area contributed by atoms with Crippen LogP contribution in [0.1, 0.15) is 5.56 Å². The van der Waals surface area contributed by atoms with Crippen molar-refractivity contribution >= 4 is 51.5 Å². The van der Waals surface area contributed by atoms with Crippen LogP contribution >= 0.6 is 35.8 Å². The molecule has 3 nitrogen and oxygen atoms in total. The molecule has 0 spiro atoms. The minimum absolute atomic E-state index is 0.0225. The van der Waals surface area contributed by atoms with Crippen molar-refractivity contribution in [2.24, 2.45) is 0 Å². The average molecular weight is 402 g/mol. The third kappa shape index (κ3) is 4.06. The summed E-state index contributed by atoms with van der Waals surface area (Å²) in [6, 6.07) is 6.84. The molecule has 0 amide bonds. The number of nitrogens with one attached hydrogen (secondary N) is 1. The van der Waals surface area contributed by atoms with E-state index in [1.54, 1.807) is 0 Å². The molecule has 0 bridgehead atoms. The number of rotatable bonds is 3. The van der Waals surface area contributed by atoms with Gasteiger partial charge in [-0.15, -0.1) is 12.6 Å². The predicted molar refractivity (Wildman–Crippen MR) is 86.0 cm³/mol. The Hall–Kier alpha value is -1.09. The largest absolute Gasteiger partial charge is 0.417 e. The van der Waals surface area contributed by atoms with Crippen LogP contribution in [0, 0.1) is 0 Å². The summed E-state index contributed by atoms with van der Waals surface area (Å²) in [5, 5.41) is -0.675. The summed E-state index contributed by atoms with van der Waals surface area (Å²) in [5.74, 6) is 0. The van der Waals surface area contributed by atoms with Gasteiger partial charge in [-0.05, 0) is 30.3 Å². The number of thiol groups is 1. The zero-order valence-corrected chi connectivity index (χ0v) is 14.2. The highest BCUT2D eigenvalue weighted by Gasteiger charge is 2.35. The lowest BCUT2D eigenvalue weighted by atomic mass is 10.2. The van der Waals surface area contributed by atoms with Gasteiger partial charge in [-0.25, -0.2) is 8.42 Å². The zero-order chi connectivity index (χ0) is 17.4. The van der Waals surface area contributed by atoms with Crippen molar-refractivity contribution in [2.75, 3.05) is 4.72 Å². The monoisotopic (exact) mass is 401 g/mol. The van der Waals surface area contributed by atoms with Crippen LogP contribution in [-0.4, -0.2) is 8.42 Å². The molecule has 124 valence electrons. The first-order valence-corrected chi connectivity index (χ1v) is 8.58. The first kappa shape index (κ1) is 18.3. The highest BCUT2D eigenvalue weighted by molar-refractivity contribution is 7.93. The molecule has 2 aromatic rings. The van der Waals surface area contributed by atoms with Gasteiger partial charge in [0.05, 0.1) is 16.3 Å². The molecule has 0 aliphatic rings. The van der Waals surface area contributed by atoms with E-state index in [0.717, 1.165) is 12.1 Å². The molecule has 0 radical (unpaired) electrons. The summed E-state index contributed by atoms with van der Waals surface area (Å²) >= 11 is 15.5. The van der Waals surface area contributed by atoms with Crippen molar-refractivity contribution < 1.29 is 21.6 Å². The lowest BCUT2D eigenvalue weighted by Gasteiger charge is -2.14. The van der Waals surface area contributed by atoms with Crippen LogP contribution in [0.25, 0.3) is 0 Å². The Balaban J connectivity index is 2.51. The van der Waals surface area contributed by atoms with E-state index in [4.69, 9.17) is 23.2 Å². The van der Waals surface area contributed by atoms with Crippen molar-refractivity contribution in [3.63, 3.8) is 0 Å². The van der Waals surface area contributed by atoms with Gasteiger partial charge in [0.1, 0.15) is 4.90 Å². The Bertz CT molecular complexity index is 855. The van der Waals surface area contributed by atoms with E-state index in [2.05, 4.69) is 17.4 Å². The molecule has 0 saturated carbocycles. The van der Waals surface area contributed by atoms with E-state index in [1.807, 2.05) is 0 Å². The van der Waals surface area contributed by atoms with E-state index >= 15 is 0 Å². The molecule has 0 aliphatic heterocycles. The van der Waals surface area contributed by atoms with Gasteiger partial charge in [0.15, 0.2) is 0 Å². The lowest BCUT2D eigenvalue weighted by molar-refractivity contribution is -0.137. The standard InChI is InChI=1S/C13H8Cl2F3NO2S2/c14-7-4-5-10(22)9(6-7)19-23(20,21)11-3-1-2-8(12(11)15)13(16,17)18/h1-6,19,22H. The smallest absolute Gasteiger partial charge is 0.278 e. The maximum Gasteiger partial charge on any atom is 0.417 e. The molecule has 1 N–H and O–H groups in total. The third-order valence-corrected chi connectivity index (χ3v) is 5.31. The Morgan fingerprint density at radius 3 is 2.35 bits per heavy atom. The van der Waals surface area contributed by atoms with Crippen LogP contribution in [0.5, 0.6) is 0 Å². The molecule has 0 fully saturated rings. The summed E-state index contributed by atoms with van der Waals surface area (Å²) in [6.45, 7) is 0. The maximum absolute atomic E-state index is 12.8. The van der Waals surface area contributed by atoms with Gasteiger partial charge >= 0.3 is 6.18 Å². The molecule has 0 heterocycles. The van der Waals surface area contributed by atoms with Gasteiger partial charge in [0.2, 0.25) is 0 Å². The van der Waals surface area contributed by atoms with E-state index in [-0.39, 0.29) is 15.6 Å². The quantitative estimate of drug-likeness (QED) is 0.702. The molecule has 2 aromatic carbocycles. The number of sulfonamides is 1. The van der Waals surface area contributed by atoms with Crippen LogP contribution in [0.15, 0.2) is 46.2 Å². The first-order valence-electron chi connectivity index (χ1n) is 5.89. The first-order chi connectivity index (χ1) is 10.5. The Kier molecular flexibility index (Phi) is 5.10. The topological polar surface area (TPSA) is 46.2 Å². The SMILES string of the molecule is O=S(=O)(Nc1cc(Cl)ccc1S)c1cccc(C(F)(F)F)c1Cl. The van der Waals surface area contributed by atoms with Crippen molar-refractivity contribution in [3.8, 4) is 0 Å². The number of hydrogen-bond donors (Lipinski definition) is 2. The highest BCUT2D eigenvalue weighted by Crippen LogP contribution is 2.38. The summed E-state index contributed by atoms with van der Waals surface area (Å²) in [6.07, 6.45) is -4.77. The molecule has 23 heavy (non-hydrogen) atoms. The Morgan fingerprint density at radius 1 is 1.09 bits per heavy atom. The molecule has 2 rings (SSSR count). The molecular weight excluding hydrogens is 394 g/mol. The van der Waals surface area contributed by atoms with Crippen molar-refractivity contribution in [2.45, 2.75) is 16.0 Å². The molecule has 0 unspecified atom stereocenters. The van der Waals surface area contributed by atoms with Crippen LogP contribution in [0.2, 0.25) is 10.0 Å². The fourth-order valence-electron chi connectivity index (χ4n) is 1.73. The van der Waals surface area contributed by atoms with Crippen LogP contribution in [0.4, 0.5) is 18.9 Å². The highest BCUT2D eigenvalue weighted by atomic mass is 35.5. The van der Waals surface area contributed by atoms with Gasteiger partial charge < -0.3 is 0 Å². The molecule has 0 atom stereocenters. The minimum Gasteiger partial charge on any atom is -0.278 e. The average Bonchev–Trinajstić information content (AvgIpc) is 2.41. The third-order valence-electron chi connectivity index (χ3n) is 2.76. The molecule has 0 aromatic heterocycles. The summed E-state index contributed by atoms with van der Waals surface area (Å²) in [4.78, 5) is -0.442. The maximum atomic E-state index is 12.8. The van der Waals surface area contributed by atoms with Gasteiger partial charge in [-0.3, -0.25) is 4.72 Å². The molecular formula is C13H8Cl2F3NO2S2. The fraction of sp³-hybridized carbons (Fsp3) is 0.0769. The molecule has 0 aliphatic carbocycles. The van der Waals surface area contributed by atoms with Crippen molar-refractivity contribution in [1.82, 2.24) is 0 Å². The summed E-state index contributed by atoms with van der Waals surface area (Å²) in [7, 11) is -4.36. The van der Waals surface area contributed by atoms with E-state index < -0.39 is 31.7 Å². The fourth-order valence-corrected chi connectivity index (χ4v) is 3.88. The number of benzene rings is 2. The normalized spacial score (nSPS) is 12.3. The summed E-state index contributed by atoms with van der Waals surface area (Å²) < 4.78 is 65.3. The van der Waals surface area contributed by atoms with E-state index in [1.165, 1.54) is 18.2 Å². The van der Waals surface area contributed by atoms with Crippen molar-refractivity contribution in [3.05, 3.63) is 52.0 Å². The van der Waals surface area contributed by atoms with Gasteiger partial charge in [0.25, 0.3) is 10.0 Å². The second-order valence-electron chi connectivity index (χ2n) is 4.38. The lowest BCUT2D eigenvalue weighted by Crippen LogP contribution is -2.16. The van der Waals surface area contributed by atoms with Crippen LogP contribution in [0.3, 0.4) is 0 Å².